The Morgan fingerprint density at radius 3 is 2.74 bits per heavy atom. The lowest BCUT2D eigenvalue weighted by atomic mass is 10.3. The van der Waals surface area contributed by atoms with Gasteiger partial charge in [-0.05, 0) is 31.2 Å². The monoisotopic (exact) mass is 304 g/mol. The first-order valence-electron chi connectivity index (χ1n) is 7.55. The maximum Gasteiger partial charge on any atom is 0.155 e. The van der Waals surface area contributed by atoms with Crippen LogP contribution < -0.4 is 0 Å². The van der Waals surface area contributed by atoms with Crippen LogP contribution in [0.5, 0.6) is 0 Å². The molecule has 4 aromatic rings. The Kier molecular flexibility index (Phi) is 3.34. The number of benzene rings is 1. The summed E-state index contributed by atoms with van der Waals surface area (Å²) in [5, 5.41) is 4.46. The van der Waals surface area contributed by atoms with Crippen LogP contribution in [0.1, 0.15) is 11.6 Å². The summed E-state index contributed by atoms with van der Waals surface area (Å²) in [4.78, 5) is 13.3. The van der Waals surface area contributed by atoms with Gasteiger partial charge in [0.1, 0.15) is 11.6 Å². The van der Waals surface area contributed by atoms with Gasteiger partial charge < -0.3 is 4.57 Å². The van der Waals surface area contributed by atoms with Crippen molar-refractivity contribution in [1.82, 2.24) is 29.3 Å². The molecular formula is C17H16N6. The SMILES string of the molecule is Cc1nc(CCn2cnc3ccccc32)n(-c2ccccn2)n1. The Hall–Kier alpha value is -3.02. The summed E-state index contributed by atoms with van der Waals surface area (Å²) in [7, 11) is 0. The van der Waals surface area contributed by atoms with E-state index in [4.69, 9.17) is 0 Å². The average Bonchev–Trinajstić information content (AvgIpc) is 3.17. The molecule has 0 fully saturated rings. The van der Waals surface area contributed by atoms with Crippen molar-refractivity contribution in [3.8, 4) is 5.82 Å². The molecule has 6 nitrogen and oxygen atoms in total. The molecule has 0 N–H and O–H groups in total. The Balaban J connectivity index is 1.62. The maximum atomic E-state index is 4.54. The van der Waals surface area contributed by atoms with Crippen LogP contribution in [-0.4, -0.2) is 29.3 Å². The van der Waals surface area contributed by atoms with E-state index in [0.717, 1.165) is 41.5 Å². The van der Waals surface area contributed by atoms with E-state index < -0.39 is 0 Å². The molecule has 6 heteroatoms. The highest BCUT2D eigenvalue weighted by atomic mass is 15.4. The molecule has 3 heterocycles. The zero-order valence-corrected chi connectivity index (χ0v) is 12.8. The van der Waals surface area contributed by atoms with Crippen LogP contribution in [0.25, 0.3) is 16.9 Å². The Morgan fingerprint density at radius 1 is 1.00 bits per heavy atom. The van der Waals surface area contributed by atoms with E-state index in [1.807, 2.05) is 54.3 Å². The Labute approximate surface area is 133 Å². The molecule has 0 aliphatic heterocycles. The Bertz CT molecular complexity index is 938. The van der Waals surface area contributed by atoms with Crippen molar-refractivity contribution in [2.45, 2.75) is 19.9 Å². The minimum atomic E-state index is 0.751. The molecular weight excluding hydrogens is 288 g/mol. The second kappa shape index (κ2) is 5.64. The van der Waals surface area contributed by atoms with Crippen LogP contribution in [0.15, 0.2) is 55.0 Å². The number of aryl methyl sites for hydroxylation is 3. The smallest absolute Gasteiger partial charge is 0.155 e. The maximum absolute atomic E-state index is 4.54. The molecule has 0 amide bonds. The van der Waals surface area contributed by atoms with Crippen LogP contribution in [0.2, 0.25) is 0 Å². The summed E-state index contributed by atoms with van der Waals surface area (Å²) in [5.41, 5.74) is 2.14. The second-order valence-corrected chi connectivity index (χ2v) is 5.35. The largest absolute Gasteiger partial charge is 0.330 e. The lowest BCUT2D eigenvalue weighted by molar-refractivity contribution is 0.661. The quantitative estimate of drug-likeness (QED) is 0.581. The van der Waals surface area contributed by atoms with Gasteiger partial charge in [0.15, 0.2) is 5.82 Å². The third-order valence-electron chi connectivity index (χ3n) is 3.75. The fourth-order valence-corrected chi connectivity index (χ4v) is 2.69. The van der Waals surface area contributed by atoms with Crippen molar-refractivity contribution in [2.24, 2.45) is 0 Å². The van der Waals surface area contributed by atoms with Gasteiger partial charge >= 0.3 is 0 Å². The number of fused-ring (bicyclic) bond motifs is 1. The van der Waals surface area contributed by atoms with E-state index >= 15 is 0 Å². The normalized spacial score (nSPS) is 11.2. The summed E-state index contributed by atoms with van der Waals surface area (Å²) in [6.45, 7) is 2.70. The molecule has 23 heavy (non-hydrogen) atoms. The number of para-hydroxylation sites is 2. The molecule has 1 aromatic carbocycles. The van der Waals surface area contributed by atoms with E-state index in [1.54, 1.807) is 6.20 Å². The van der Waals surface area contributed by atoms with E-state index in [0.29, 0.717) is 0 Å². The minimum Gasteiger partial charge on any atom is -0.330 e. The number of nitrogens with zero attached hydrogens (tertiary/aromatic N) is 6. The summed E-state index contributed by atoms with van der Waals surface area (Å²) >= 11 is 0. The summed E-state index contributed by atoms with van der Waals surface area (Å²) < 4.78 is 3.95. The van der Waals surface area contributed by atoms with Gasteiger partial charge in [0.2, 0.25) is 0 Å². The molecule has 0 radical (unpaired) electrons. The highest BCUT2D eigenvalue weighted by Gasteiger charge is 2.11. The molecule has 0 aliphatic carbocycles. The zero-order valence-electron chi connectivity index (χ0n) is 12.8. The van der Waals surface area contributed by atoms with Crippen LogP contribution in [0.4, 0.5) is 0 Å². The summed E-state index contributed by atoms with van der Waals surface area (Å²) in [5.74, 6) is 2.44. The van der Waals surface area contributed by atoms with Crippen LogP contribution in [0.3, 0.4) is 0 Å². The van der Waals surface area contributed by atoms with Crippen molar-refractivity contribution in [3.63, 3.8) is 0 Å². The van der Waals surface area contributed by atoms with Crippen molar-refractivity contribution < 1.29 is 0 Å². The lowest BCUT2D eigenvalue weighted by Gasteiger charge is -2.06. The van der Waals surface area contributed by atoms with E-state index in [-0.39, 0.29) is 0 Å². The highest BCUT2D eigenvalue weighted by Crippen LogP contribution is 2.13. The van der Waals surface area contributed by atoms with Gasteiger partial charge in [-0.3, -0.25) is 0 Å². The lowest BCUT2D eigenvalue weighted by Crippen LogP contribution is -2.08. The molecule has 0 saturated carbocycles. The van der Waals surface area contributed by atoms with Gasteiger partial charge in [0.25, 0.3) is 0 Å². The van der Waals surface area contributed by atoms with Crippen molar-refractivity contribution >= 4 is 11.0 Å². The molecule has 0 unspecified atom stereocenters. The summed E-state index contributed by atoms with van der Waals surface area (Å²) in [6, 6.07) is 13.9. The first kappa shape index (κ1) is 13.6. The molecule has 0 atom stereocenters. The average molecular weight is 304 g/mol. The van der Waals surface area contributed by atoms with Crippen LogP contribution in [-0.2, 0) is 13.0 Å². The number of pyridine rings is 1. The molecule has 0 spiro atoms. The third-order valence-corrected chi connectivity index (χ3v) is 3.75. The van der Waals surface area contributed by atoms with Gasteiger partial charge in [-0.25, -0.2) is 15.0 Å². The molecule has 0 aliphatic rings. The first-order valence-corrected chi connectivity index (χ1v) is 7.55. The van der Waals surface area contributed by atoms with E-state index in [1.165, 1.54) is 0 Å². The predicted molar refractivity (Wildman–Crippen MR) is 87.3 cm³/mol. The van der Waals surface area contributed by atoms with Gasteiger partial charge in [0.05, 0.1) is 17.4 Å². The van der Waals surface area contributed by atoms with Gasteiger partial charge in [-0.15, -0.1) is 5.10 Å². The Morgan fingerprint density at radius 2 is 1.87 bits per heavy atom. The number of rotatable bonds is 4. The number of hydrogen-bond acceptors (Lipinski definition) is 4. The minimum absolute atomic E-state index is 0.751. The fraction of sp³-hybridized carbons (Fsp3) is 0.176. The van der Waals surface area contributed by atoms with Gasteiger partial charge in [0, 0.05) is 19.2 Å². The molecule has 0 saturated heterocycles. The highest BCUT2D eigenvalue weighted by molar-refractivity contribution is 5.74. The molecule has 4 rings (SSSR count). The molecule has 114 valence electrons. The predicted octanol–water partition coefficient (Wildman–Crippen LogP) is 2.56. The topological polar surface area (TPSA) is 61.4 Å². The summed E-state index contributed by atoms with van der Waals surface area (Å²) in [6.07, 6.45) is 4.40. The standard InChI is InChI=1S/C17H16N6/c1-13-20-17(23(21-13)16-8-4-5-10-18-16)9-11-22-12-19-14-6-2-3-7-15(14)22/h2-8,10,12H,9,11H2,1H3. The van der Waals surface area contributed by atoms with E-state index in [9.17, 15) is 0 Å². The van der Waals surface area contributed by atoms with Gasteiger partial charge in [-0.1, -0.05) is 18.2 Å². The number of aromatic nitrogens is 6. The second-order valence-electron chi connectivity index (χ2n) is 5.35. The van der Waals surface area contributed by atoms with Crippen LogP contribution >= 0.6 is 0 Å². The van der Waals surface area contributed by atoms with Crippen molar-refractivity contribution in [1.29, 1.82) is 0 Å². The zero-order chi connectivity index (χ0) is 15.6. The first-order chi connectivity index (χ1) is 11.3. The molecule has 3 aromatic heterocycles. The fourth-order valence-electron chi connectivity index (χ4n) is 2.69. The molecule has 0 bridgehead atoms. The third kappa shape index (κ3) is 2.59. The van der Waals surface area contributed by atoms with Crippen LogP contribution in [0, 0.1) is 6.92 Å². The number of imidazole rings is 1. The van der Waals surface area contributed by atoms with Gasteiger partial charge in [-0.2, -0.15) is 4.68 Å². The number of hydrogen-bond donors (Lipinski definition) is 0. The van der Waals surface area contributed by atoms with Crippen molar-refractivity contribution in [2.75, 3.05) is 0 Å². The van der Waals surface area contributed by atoms with Crippen molar-refractivity contribution in [3.05, 3.63) is 66.6 Å². The van der Waals surface area contributed by atoms with E-state index in [2.05, 4.69) is 30.7 Å².